The molecule has 1 unspecified atom stereocenters. The van der Waals surface area contributed by atoms with Gasteiger partial charge in [0.1, 0.15) is 17.6 Å². The van der Waals surface area contributed by atoms with E-state index in [1.807, 2.05) is 36.4 Å². The number of fused-ring (bicyclic) bond motifs is 1. The summed E-state index contributed by atoms with van der Waals surface area (Å²) >= 11 is 0. The lowest BCUT2D eigenvalue weighted by Gasteiger charge is -2.23. The molecule has 0 saturated heterocycles. The van der Waals surface area contributed by atoms with Crippen LogP contribution < -0.4 is 10.1 Å². The summed E-state index contributed by atoms with van der Waals surface area (Å²) in [6, 6.07) is 13.8. The number of nitrogens with zero attached hydrogens (tertiary/aromatic N) is 4. The van der Waals surface area contributed by atoms with E-state index in [0.29, 0.717) is 5.95 Å². The van der Waals surface area contributed by atoms with Gasteiger partial charge in [-0.05, 0) is 46.3 Å². The third kappa shape index (κ3) is 2.50. The summed E-state index contributed by atoms with van der Waals surface area (Å²) in [5.41, 5.74) is 2.54. The number of tetrazole rings is 1. The number of hydrogen-bond donors (Lipinski definition) is 1. The highest BCUT2D eigenvalue weighted by atomic mass is 19.1. The molecule has 1 aromatic heterocycles. The van der Waals surface area contributed by atoms with Gasteiger partial charge in [0.2, 0.25) is 5.95 Å². The minimum Gasteiger partial charge on any atom is -0.497 e. The van der Waals surface area contributed by atoms with Crippen LogP contribution in [0.1, 0.15) is 17.2 Å². The van der Waals surface area contributed by atoms with Crippen molar-refractivity contribution in [2.45, 2.75) is 6.04 Å². The molecule has 7 heteroatoms. The van der Waals surface area contributed by atoms with Crippen molar-refractivity contribution in [3.63, 3.8) is 0 Å². The number of methoxy groups -OCH3 is 1. The van der Waals surface area contributed by atoms with Crippen molar-refractivity contribution in [1.82, 2.24) is 20.2 Å². The molecule has 0 fully saturated rings. The molecule has 1 aliphatic rings. The van der Waals surface area contributed by atoms with Gasteiger partial charge in [-0.25, -0.2) is 4.39 Å². The first-order valence-corrected chi connectivity index (χ1v) is 7.41. The fraction of sp³-hybridized carbons (Fsp3) is 0.118. The minimum absolute atomic E-state index is 0.294. The van der Waals surface area contributed by atoms with Gasteiger partial charge in [0.25, 0.3) is 0 Å². The third-order valence-corrected chi connectivity index (χ3v) is 3.90. The van der Waals surface area contributed by atoms with Crippen LogP contribution >= 0.6 is 0 Å². The molecule has 2 heterocycles. The van der Waals surface area contributed by atoms with Crippen LogP contribution in [0.25, 0.3) is 5.70 Å². The topological polar surface area (TPSA) is 64.9 Å². The zero-order chi connectivity index (χ0) is 16.5. The van der Waals surface area contributed by atoms with Crippen LogP contribution in [0.5, 0.6) is 5.75 Å². The molecule has 0 bridgehead atoms. The molecule has 6 nitrogen and oxygen atoms in total. The van der Waals surface area contributed by atoms with Crippen molar-refractivity contribution in [2.75, 3.05) is 12.4 Å². The Morgan fingerprint density at radius 1 is 1.17 bits per heavy atom. The molecule has 2 aromatic carbocycles. The van der Waals surface area contributed by atoms with Gasteiger partial charge in [-0.1, -0.05) is 29.4 Å². The Morgan fingerprint density at radius 3 is 2.88 bits per heavy atom. The van der Waals surface area contributed by atoms with Gasteiger partial charge >= 0.3 is 0 Å². The molecule has 0 amide bonds. The summed E-state index contributed by atoms with van der Waals surface area (Å²) < 4.78 is 20.5. The number of halogens is 1. The summed E-state index contributed by atoms with van der Waals surface area (Å²) in [5.74, 6) is 0.962. The highest BCUT2D eigenvalue weighted by Gasteiger charge is 2.24. The standard InChI is InChI=1S/C17H14FN5O/c1-24-14-7-3-4-11(9-14)15-10-16(12-5-2-6-13(18)8-12)23-17(19-15)20-21-22-23/h2-10,16H,1H3,(H,19,20,22). The maximum atomic E-state index is 13.6. The average molecular weight is 323 g/mol. The predicted molar refractivity (Wildman–Crippen MR) is 86.9 cm³/mol. The van der Waals surface area contributed by atoms with E-state index >= 15 is 0 Å². The molecule has 1 aliphatic heterocycles. The summed E-state index contributed by atoms with van der Waals surface area (Å²) in [7, 11) is 1.62. The largest absolute Gasteiger partial charge is 0.497 e. The predicted octanol–water partition coefficient (Wildman–Crippen LogP) is 2.88. The quantitative estimate of drug-likeness (QED) is 0.803. The third-order valence-electron chi connectivity index (χ3n) is 3.90. The molecule has 0 aliphatic carbocycles. The smallest absolute Gasteiger partial charge is 0.248 e. The lowest BCUT2D eigenvalue weighted by atomic mass is 10.0. The van der Waals surface area contributed by atoms with Crippen molar-refractivity contribution in [3.8, 4) is 5.75 Å². The maximum absolute atomic E-state index is 13.6. The molecular weight excluding hydrogens is 309 g/mol. The molecule has 4 rings (SSSR count). The van der Waals surface area contributed by atoms with Gasteiger partial charge in [0, 0.05) is 11.3 Å². The average Bonchev–Trinajstić information content (AvgIpc) is 3.09. The van der Waals surface area contributed by atoms with Gasteiger partial charge in [0.15, 0.2) is 0 Å². The fourth-order valence-electron chi connectivity index (χ4n) is 2.74. The second-order valence-corrected chi connectivity index (χ2v) is 5.38. The molecule has 3 aromatic rings. The Hall–Kier alpha value is -3.22. The van der Waals surface area contributed by atoms with Gasteiger partial charge in [0.05, 0.1) is 7.11 Å². The number of ether oxygens (including phenoxy) is 1. The van der Waals surface area contributed by atoms with Crippen LogP contribution in [-0.2, 0) is 0 Å². The number of allylic oxidation sites excluding steroid dienone is 1. The molecule has 1 atom stereocenters. The Kier molecular flexibility index (Phi) is 3.45. The van der Waals surface area contributed by atoms with Gasteiger partial charge in [-0.2, -0.15) is 4.68 Å². The number of rotatable bonds is 3. The minimum atomic E-state index is -0.298. The van der Waals surface area contributed by atoms with E-state index in [1.54, 1.807) is 17.9 Å². The second kappa shape index (κ2) is 5.77. The van der Waals surface area contributed by atoms with E-state index in [2.05, 4.69) is 20.8 Å². The van der Waals surface area contributed by atoms with Crippen molar-refractivity contribution >= 4 is 11.6 Å². The second-order valence-electron chi connectivity index (χ2n) is 5.38. The Bertz CT molecular complexity index is 921. The number of anilines is 1. The molecule has 120 valence electrons. The highest BCUT2D eigenvalue weighted by Crippen LogP contribution is 2.32. The van der Waals surface area contributed by atoms with E-state index in [9.17, 15) is 4.39 Å². The Morgan fingerprint density at radius 2 is 2.04 bits per heavy atom. The fourth-order valence-corrected chi connectivity index (χ4v) is 2.74. The number of nitrogens with one attached hydrogen (secondary N) is 1. The van der Waals surface area contributed by atoms with Crippen molar-refractivity contribution < 1.29 is 9.13 Å². The van der Waals surface area contributed by atoms with Crippen LogP contribution in [0.3, 0.4) is 0 Å². The van der Waals surface area contributed by atoms with Gasteiger partial charge < -0.3 is 10.1 Å². The van der Waals surface area contributed by atoms with Crippen molar-refractivity contribution in [1.29, 1.82) is 0 Å². The van der Waals surface area contributed by atoms with Gasteiger partial charge in [-0.3, -0.25) is 0 Å². The van der Waals surface area contributed by atoms with Crippen LogP contribution in [0.4, 0.5) is 10.3 Å². The zero-order valence-electron chi connectivity index (χ0n) is 12.8. The Labute approximate surface area is 137 Å². The lowest BCUT2D eigenvalue weighted by Crippen LogP contribution is -2.20. The van der Waals surface area contributed by atoms with E-state index in [-0.39, 0.29) is 11.9 Å². The van der Waals surface area contributed by atoms with Crippen LogP contribution in [0.2, 0.25) is 0 Å². The normalized spacial score (nSPS) is 16.1. The van der Waals surface area contributed by atoms with Crippen molar-refractivity contribution in [2.24, 2.45) is 0 Å². The van der Waals surface area contributed by atoms with Gasteiger partial charge in [-0.15, -0.1) is 0 Å². The summed E-state index contributed by atoms with van der Waals surface area (Å²) in [6.07, 6.45) is 1.97. The molecular formula is C17H14FN5O. The molecule has 0 radical (unpaired) electrons. The van der Waals surface area contributed by atoms with E-state index in [0.717, 1.165) is 22.6 Å². The van der Waals surface area contributed by atoms with Crippen LogP contribution in [0.15, 0.2) is 54.6 Å². The molecule has 24 heavy (non-hydrogen) atoms. The SMILES string of the molecule is COc1cccc(C2=CC(c3cccc(F)c3)n3nnnc3N2)c1. The number of hydrogen-bond acceptors (Lipinski definition) is 5. The first kappa shape index (κ1) is 14.4. The lowest BCUT2D eigenvalue weighted by molar-refractivity contribution is 0.414. The van der Waals surface area contributed by atoms with Crippen molar-refractivity contribution in [3.05, 3.63) is 71.6 Å². The first-order valence-electron chi connectivity index (χ1n) is 7.41. The first-order chi connectivity index (χ1) is 11.7. The zero-order valence-corrected chi connectivity index (χ0v) is 12.8. The highest BCUT2D eigenvalue weighted by molar-refractivity contribution is 5.77. The maximum Gasteiger partial charge on any atom is 0.248 e. The van der Waals surface area contributed by atoms with E-state index < -0.39 is 0 Å². The van der Waals surface area contributed by atoms with E-state index in [1.165, 1.54) is 12.1 Å². The molecule has 0 spiro atoms. The number of benzene rings is 2. The Balaban J connectivity index is 1.81. The van der Waals surface area contributed by atoms with Crippen LogP contribution in [-0.4, -0.2) is 27.3 Å². The molecule has 1 N–H and O–H groups in total. The summed E-state index contributed by atoms with van der Waals surface area (Å²) in [4.78, 5) is 0. The molecule has 0 saturated carbocycles. The van der Waals surface area contributed by atoms with Crippen LogP contribution in [0, 0.1) is 5.82 Å². The monoisotopic (exact) mass is 323 g/mol. The summed E-state index contributed by atoms with van der Waals surface area (Å²) in [6.45, 7) is 0. The number of aromatic nitrogens is 4. The summed E-state index contributed by atoms with van der Waals surface area (Å²) in [5, 5.41) is 14.9. The van der Waals surface area contributed by atoms with E-state index in [4.69, 9.17) is 4.74 Å².